The summed E-state index contributed by atoms with van der Waals surface area (Å²) in [6.07, 6.45) is 0. The lowest BCUT2D eigenvalue weighted by Gasteiger charge is -2.14. The van der Waals surface area contributed by atoms with Crippen LogP contribution < -0.4 is 23.7 Å². The number of rotatable bonds is 10. The maximum absolute atomic E-state index is 11.2. The van der Waals surface area contributed by atoms with E-state index in [1.165, 1.54) is 33.5 Å². The smallest absolute Gasteiger partial charge is 0.380 e. The van der Waals surface area contributed by atoms with Crippen LogP contribution in [-0.2, 0) is 4.79 Å². The Balaban J connectivity index is 1.92. The Kier molecular flexibility index (Phi) is 6.31. The van der Waals surface area contributed by atoms with E-state index in [2.05, 4.69) is 0 Å². The quantitative estimate of drug-likeness (QED) is 0.383. The number of ketones is 1. The number of Topliss-reactive ketones (excluding diaryl/α,β-unsaturated/α-hetero) is 1. The second-order valence-corrected chi connectivity index (χ2v) is 4.81. The molecule has 0 atom stereocenters. The number of hydrogen-bond donors (Lipinski definition) is 1. The number of aliphatic carboxylic acids is 1. The van der Waals surface area contributed by atoms with Crippen LogP contribution in [0.5, 0.6) is 28.9 Å². The minimum absolute atomic E-state index is 0.0168. The van der Waals surface area contributed by atoms with Gasteiger partial charge in [0.15, 0.2) is 17.3 Å². The molecule has 1 heterocycles. The zero-order valence-electron chi connectivity index (χ0n) is 14.4. The molecule has 140 valence electrons. The number of hydrogen-bond acceptors (Lipinski definition) is 8. The molecule has 2 aromatic rings. The molecule has 0 aliphatic rings. The van der Waals surface area contributed by atoms with Crippen molar-refractivity contribution in [1.29, 1.82) is 0 Å². The fraction of sp³-hybridized carbons (Fsp3) is 0.294. The molecule has 0 aliphatic carbocycles. The van der Waals surface area contributed by atoms with Gasteiger partial charge in [0.2, 0.25) is 5.75 Å². The molecule has 9 heteroatoms. The fourth-order valence-electron chi connectivity index (χ4n) is 2.07. The molecule has 1 N–H and O–H groups in total. The number of carboxylic acids is 1. The molecule has 0 bridgehead atoms. The van der Waals surface area contributed by atoms with Gasteiger partial charge >= 0.3 is 11.8 Å². The van der Waals surface area contributed by atoms with Gasteiger partial charge in [-0.3, -0.25) is 4.79 Å². The first-order chi connectivity index (χ1) is 12.5. The lowest BCUT2D eigenvalue weighted by molar-refractivity contribution is -0.131. The standard InChI is InChI=1S/C17H18O9/c1-21-12-8-10(9-13(22-2)16(12)23-3)24-6-7-25-14-5-4-11(26-14)15(18)17(19)20/h4-5,8-9H,6-7H2,1-3H3,(H,19,20). The summed E-state index contributed by atoms with van der Waals surface area (Å²) >= 11 is 0. The van der Waals surface area contributed by atoms with Crippen molar-refractivity contribution in [3.8, 4) is 28.9 Å². The van der Waals surface area contributed by atoms with Crippen LogP contribution in [0.1, 0.15) is 10.6 Å². The van der Waals surface area contributed by atoms with Crippen molar-refractivity contribution in [2.75, 3.05) is 34.5 Å². The van der Waals surface area contributed by atoms with E-state index in [-0.39, 0.29) is 24.9 Å². The van der Waals surface area contributed by atoms with Crippen LogP contribution >= 0.6 is 0 Å². The van der Waals surface area contributed by atoms with E-state index in [4.69, 9.17) is 33.2 Å². The van der Waals surface area contributed by atoms with Crippen LogP contribution in [0, 0.1) is 0 Å². The summed E-state index contributed by atoms with van der Waals surface area (Å²) in [7, 11) is 4.50. The first kappa shape index (κ1) is 19.0. The topological polar surface area (TPSA) is 114 Å². The number of carbonyl (C=O) groups excluding carboxylic acids is 1. The van der Waals surface area contributed by atoms with Gasteiger partial charge in [-0.1, -0.05) is 0 Å². The molecule has 0 saturated carbocycles. The highest BCUT2D eigenvalue weighted by molar-refractivity contribution is 6.39. The highest BCUT2D eigenvalue weighted by Crippen LogP contribution is 2.40. The van der Waals surface area contributed by atoms with Crippen LogP contribution in [0.4, 0.5) is 0 Å². The highest BCUT2D eigenvalue weighted by Gasteiger charge is 2.19. The zero-order chi connectivity index (χ0) is 19.1. The lowest BCUT2D eigenvalue weighted by Crippen LogP contribution is -2.11. The van der Waals surface area contributed by atoms with Gasteiger partial charge < -0.3 is 33.2 Å². The predicted molar refractivity (Wildman–Crippen MR) is 87.8 cm³/mol. The van der Waals surface area contributed by atoms with Gasteiger partial charge in [-0.05, 0) is 6.07 Å². The van der Waals surface area contributed by atoms with Crippen LogP contribution in [-0.4, -0.2) is 51.4 Å². The first-order valence-corrected chi connectivity index (χ1v) is 7.43. The Labute approximate surface area is 149 Å². The van der Waals surface area contributed by atoms with Crippen molar-refractivity contribution in [3.05, 3.63) is 30.0 Å². The van der Waals surface area contributed by atoms with Gasteiger partial charge in [-0.15, -0.1) is 0 Å². The van der Waals surface area contributed by atoms with E-state index in [1.807, 2.05) is 0 Å². The first-order valence-electron chi connectivity index (χ1n) is 7.43. The molecule has 9 nitrogen and oxygen atoms in total. The molecule has 26 heavy (non-hydrogen) atoms. The Morgan fingerprint density at radius 3 is 2.12 bits per heavy atom. The van der Waals surface area contributed by atoms with E-state index < -0.39 is 11.8 Å². The van der Waals surface area contributed by atoms with E-state index in [1.54, 1.807) is 12.1 Å². The average molecular weight is 366 g/mol. The summed E-state index contributed by atoms with van der Waals surface area (Å²) in [5.41, 5.74) is 0. The third kappa shape index (κ3) is 4.38. The minimum Gasteiger partial charge on any atom is -0.493 e. The van der Waals surface area contributed by atoms with Crippen molar-refractivity contribution in [3.63, 3.8) is 0 Å². The van der Waals surface area contributed by atoms with Crippen LogP contribution in [0.3, 0.4) is 0 Å². The third-order valence-electron chi connectivity index (χ3n) is 3.23. The Morgan fingerprint density at radius 2 is 1.58 bits per heavy atom. The molecular formula is C17H18O9. The van der Waals surface area contributed by atoms with Crippen LogP contribution in [0.25, 0.3) is 0 Å². The van der Waals surface area contributed by atoms with Gasteiger partial charge in [0, 0.05) is 18.2 Å². The molecule has 0 fully saturated rings. The number of carbonyl (C=O) groups is 2. The second kappa shape index (κ2) is 8.65. The van der Waals surface area contributed by atoms with Crippen LogP contribution in [0.15, 0.2) is 28.7 Å². The van der Waals surface area contributed by atoms with E-state index in [0.717, 1.165) is 0 Å². The lowest BCUT2D eigenvalue weighted by atomic mass is 10.2. The second-order valence-electron chi connectivity index (χ2n) is 4.81. The number of methoxy groups -OCH3 is 3. The Morgan fingerprint density at radius 1 is 0.962 bits per heavy atom. The number of ether oxygens (including phenoxy) is 5. The van der Waals surface area contributed by atoms with Gasteiger partial charge in [0.25, 0.3) is 5.95 Å². The maximum Gasteiger partial charge on any atom is 0.380 e. The SMILES string of the molecule is COc1cc(OCCOc2ccc(C(=O)C(=O)O)o2)cc(OC)c1OC. The number of furan rings is 1. The molecule has 0 spiro atoms. The molecule has 0 aliphatic heterocycles. The molecule has 1 aromatic carbocycles. The van der Waals surface area contributed by atoms with Gasteiger partial charge in [0.1, 0.15) is 19.0 Å². The van der Waals surface area contributed by atoms with Crippen molar-refractivity contribution in [1.82, 2.24) is 0 Å². The fourth-order valence-corrected chi connectivity index (χ4v) is 2.07. The summed E-state index contributed by atoms with van der Waals surface area (Å²) in [5.74, 6) is -1.21. The normalized spacial score (nSPS) is 10.1. The summed E-state index contributed by atoms with van der Waals surface area (Å²) in [4.78, 5) is 21.8. The van der Waals surface area contributed by atoms with Crippen LogP contribution in [0.2, 0.25) is 0 Å². The summed E-state index contributed by atoms with van der Waals surface area (Å²) in [5, 5.41) is 8.61. The molecule has 0 radical (unpaired) electrons. The van der Waals surface area contributed by atoms with Gasteiger partial charge in [-0.2, -0.15) is 0 Å². The Hall–Kier alpha value is -3.36. The number of carboxylic acid groups (broad SMARTS) is 1. The van der Waals surface area contributed by atoms with E-state index in [9.17, 15) is 9.59 Å². The van der Waals surface area contributed by atoms with Gasteiger partial charge in [0.05, 0.1) is 21.3 Å². The molecule has 0 unspecified atom stereocenters. The molecular weight excluding hydrogens is 348 g/mol. The third-order valence-corrected chi connectivity index (χ3v) is 3.23. The molecule has 0 amide bonds. The summed E-state index contributed by atoms with van der Waals surface area (Å²) in [6, 6.07) is 5.86. The largest absolute Gasteiger partial charge is 0.493 e. The van der Waals surface area contributed by atoms with E-state index in [0.29, 0.717) is 23.0 Å². The number of benzene rings is 1. The Bertz CT molecular complexity index is 753. The van der Waals surface area contributed by atoms with Crippen molar-refractivity contribution >= 4 is 11.8 Å². The zero-order valence-corrected chi connectivity index (χ0v) is 14.4. The minimum atomic E-state index is -1.60. The van der Waals surface area contributed by atoms with E-state index >= 15 is 0 Å². The van der Waals surface area contributed by atoms with Gasteiger partial charge in [-0.25, -0.2) is 4.79 Å². The molecule has 1 aromatic heterocycles. The summed E-state index contributed by atoms with van der Waals surface area (Å²) in [6.45, 7) is 0.256. The molecule has 2 rings (SSSR count). The monoisotopic (exact) mass is 366 g/mol. The maximum atomic E-state index is 11.2. The molecule has 0 saturated heterocycles. The van der Waals surface area contributed by atoms with Crippen molar-refractivity contribution < 1.29 is 42.8 Å². The van der Waals surface area contributed by atoms with Crippen molar-refractivity contribution in [2.24, 2.45) is 0 Å². The summed E-state index contributed by atoms with van der Waals surface area (Å²) < 4.78 is 31.5. The van der Waals surface area contributed by atoms with Crippen molar-refractivity contribution in [2.45, 2.75) is 0 Å². The predicted octanol–water partition coefficient (Wildman–Crippen LogP) is 2.03. The average Bonchev–Trinajstić information content (AvgIpc) is 3.12. The highest BCUT2D eigenvalue weighted by atomic mass is 16.6.